The molecule has 4 heteroatoms. The highest BCUT2D eigenvalue weighted by molar-refractivity contribution is 7.80. The number of aliphatic hydroxyl groups is 1. The van der Waals surface area contributed by atoms with E-state index in [1.54, 1.807) is 0 Å². The number of aliphatic hydroxyl groups excluding tert-OH is 1. The number of piperidine rings is 1. The number of thiocarbonyl (C=S) groups is 1. The summed E-state index contributed by atoms with van der Waals surface area (Å²) >= 11 is 5.22. The minimum atomic E-state index is 0.214. The standard InChI is InChI=1S/C9H18N2OS/c1-2-10-9(13)11-6-4-3-5-8(11)7-12/h8,12H,2-7H2,1H3,(H,10,13)/t8-/m1/s1. The lowest BCUT2D eigenvalue weighted by atomic mass is 10.0. The van der Waals surface area contributed by atoms with Crippen LogP contribution in [0.15, 0.2) is 0 Å². The highest BCUT2D eigenvalue weighted by atomic mass is 32.1. The molecule has 3 nitrogen and oxygen atoms in total. The van der Waals surface area contributed by atoms with Crippen molar-refractivity contribution in [3.05, 3.63) is 0 Å². The lowest BCUT2D eigenvalue weighted by Crippen LogP contribution is -2.49. The van der Waals surface area contributed by atoms with Gasteiger partial charge in [-0.3, -0.25) is 0 Å². The Kier molecular flexibility index (Phi) is 4.45. The average molecular weight is 202 g/mol. The maximum absolute atomic E-state index is 9.15. The molecule has 1 heterocycles. The number of nitrogens with zero attached hydrogens (tertiary/aromatic N) is 1. The molecule has 0 bridgehead atoms. The fourth-order valence-corrected chi connectivity index (χ4v) is 2.10. The summed E-state index contributed by atoms with van der Waals surface area (Å²) in [5, 5.41) is 13.1. The van der Waals surface area contributed by atoms with Crippen molar-refractivity contribution < 1.29 is 5.11 Å². The summed E-state index contributed by atoms with van der Waals surface area (Å²) in [6.45, 7) is 4.08. The van der Waals surface area contributed by atoms with Gasteiger partial charge >= 0.3 is 0 Å². The van der Waals surface area contributed by atoms with E-state index in [1.807, 2.05) is 6.92 Å². The van der Waals surface area contributed by atoms with Gasteiger partial charge in [-0.1, -0.05) is 0 Å². The molecule has 76 valence electrons. The van der Waals surface area contributed by atoms with Crippen molar-refractivity contribution in [1.29, 1.82) is 0 Å². The molecule has 1 aliphatic rings. The zero-order valence-electron chi connectivity index (χ0n) is 8.12. The predicted octanol–water partition coefficient (Wildman–Crippen LogP) is 0.728. The van der Waals surface area contributed by atoms with Crippen molar-refractivity contribution in [2.45, 2.75) is 32.2 Å². The maximum atomic E-state index is 9.15. The Hall–Kier alpha value is -0.350. The van der Waals surface area contributed by atoms with Crippen molar-refractivity contribution in [2.75, 3.05) is 19.7 Å². The van der Waals surface area contributed by atoms with E-state index < -0.39 is 0 Å². The first-order valence-corrected chi connectivity index (χ1v) is 5.35. The van der Waals surface area contributed by atoms with Crippen LogP contribution in [0, 0.1) is 0 Å². The smallest absolute Gasteiger partial charge is 0.169 e. The van der Waals surface area contributed by atoms with Crippen LogP contribution in [0.5, 0.6) is 0 Å². The Morgan fingerprint density at radius 1 is 1.62 bits per heavy atom. The molecule has 0 spiro atoms. The third-order valence-corrected chi connectivity index (χ3v) is 2.81. The lowest BCUT2D eigenvalue weighted by Gasteiger charge is -2.36. The van der Waals surface area contributed by atoms with Crippen LogP contribution in [0.3, 0.4) is 0 Å². The van der Waals surface area contributed by atoms with E-state index >= 15 is 0 Å². The van der Waals surface area contributed by atoms with E-state index in [0.717, 1.165) is 24.6 Å². The SMILES string of the molecule is CCNC(=S)N1CCCC[C@@H]1CO. The summed E-state index contributed by atoms with van der Waals surface area (Å²) in [5.41, 5.74) is 0. The van der Waals surface area contributed by atoms with Gasteiger partial charge in [0, 0.05) is 13.1 Å². The normalized spacial score (nSPS) is 22.9. The van der Waals surface area contributed by atoms with Crippen LogP contribution in [-0.2, 0) is 0 Å². The molecule has 1 atom stereocenters. The summed E-state index contributed by atoms with van der Waals surface area (Å²) in [6.07, 6.45) is 3.44. The number of hydrogen-bond donors (Lipinski definition) is 2. The number of nitrogens with one attached hydrogen (secondary N) is 1. The summed E-state index contributed by atoms with van der Waals surface area (Å²) in [7, 11) is 0. The second kappa shape index (κ2) is 5.40. The molecule has 13 heavy (non-hydrogen) atoms. The van der Waals surface area contributed by atoms with Gasteiger partial charge in [-0.2, -0.15) is 0 Å². The Labute approximate surface area is 85.1 Å². The predicted molar refractivity (Wildman–Crippen MR) is 57.7 cm³/mol. The van der Waals surface area contributed by atoms with Gasteiger partial charge in [0.2, 0.25) is 0 Å². The van der Waals surface area contributed by atoms with Crippen molar-refractivity contribution in [2.24, 2.45) is 0 Å². The van der Waals surface area contributed by atoms with E-state index in [9.17, 15) is 0 Å². The Bertz CT molecular complexity index is 175. The quantitative estimate of drug-likeness (QED) is 0.647. The zero-order chi connectivity index (χ0) is 9.68. The Morgan fingerprint density at radius 2 is 2.38 bits per heavy atom. The molecule has 1 saturated heterocycles. The van der Waals surface area contributed by atoms with Gasteiger partial charge in [-0.15, -0.1) is 0 Å². The second-order valence-corrected chi connectivity index (χ2v) is 3.75. The third-order valence-electron chi connectivity index (χ3n) is 2.43. The van der Waals surface area contributed by atoms with E-state index in [4.69, 9.17) is 17.3 Å². The van der Waals surface area contributed by atoms with Gasteiger partial charge < -0.3 is 15.3 Å². The van der Waals surface area contributed by atoms with Crippen LogP contribution in [0.4, 0.5) is 0 Å². The molecule has 1 rings (SSSR count). The zero-order valence-corrected chi connectivity index (χ0v) is 8.94. The summed E-state index contributed by atoms with van der Waals surface area (Å²) < 4.78 is 0. The van der Waals surface area contributed by atoms with Crippen molar-refractivity contribution in [3.63, 3.8) is 0 Å². The molecule has 1 aliphatic heterocycles. The first kappa shape index (κ1) is 10.7. The van der Waals surface area contributed by atoms with E-state index in [-0.39, 0.29) is 12.6 Å². The summed E-state index contributed by atoms with van der Waals surface area (Å²) in [4.78, 5) is 2.11. The van der Waals surface area contributed by atoms with Crippen LogP contribution >= 0.6 is 12.2 Å². The summed E-state index contributed by atoms with van der Waals surface area (Å²) in [6, 6.07) is 0.236. The van der Waals surface area contributed by atoms with Gasteiger partial charge in [-0.25, -0.2) is 0 Å². The van der Waals surface area contributed by atoms with Gasteiger partial charge in [0.15, 0.2) is 5.11 Å². The van der Waals surface area contributed by atoms with E-state index in [2.05, 4.69) is 10.2 Å². The molecule has 0 amide bonds. The lowest BCUT2D eigenvalue weighted by molar-refractivity contribution is 0.146. The highest BCUT2D eigenvalue weighted by Gasteiger charge is 2.22. The number of likely N-dealkylation sites (tertiary alicyclic amines) is 1. The van der Waals surface area contributed by atoms with Crippen LogP contribution < -0.4 is 5.32 Å². The molecule has 0 aromatic rings. The topological polar surface area (TPSA) is 35.5 Å². The monoisotopic (exact) mass is 202 g/mol. The second-order valence-electron chi connectivity index (χ2n) is 3.36. The third kappa shape index (κ3) is 2.81. The molecule has 0 aliphatic carbocycles. The molecule has 0 aromatic heterocycles. The number of hydrogen-bond acceptors (Lipinski definition) is 2. The van der Waals surface area contributed by atoms with Gasteiger partial charge in [0.05, 0.1) is 12.6 Å². The van der Waals surface area contributed by atoms with Gasteiger partial charge in [0.1, 0.15) is 0 Å². The van der Waals surface area contributed by atoms with Crippen LogP contribution in [-0.4, -0.2) is 40.9 Å². The molecule has 2 N–H and O–H groups in total. The van der Waals surface area contributed by atoms with Crippen molar-refractivity contribution in [1.82, 2.24) is 10.2 Å². The Balaban J connectivity index is 2.48. The summed E-state index contributed by atoms with van der Waals surface area (Å²) in [5.74, 6) is 0. The molecular weight excluding hydrogens is 184 g/mol. The highest BCUT2D eigenvalue weighted by Crippen LogP contribution is 2.16. The van der Waals surface area contributed by atoms with E-state index in [1.165, 1.54) is 12.8 Å². The van der Waals surface area contributed by atoms with Gasteiger partial charge in [-0.05, 0) is 38.4 Å². The maximum Gasteiger partial charge on any atom is 0.169 e. The first-order valence-electron chi connectivity index (χ1n) is 4.95. The first-order chi connectivity index (χ1) is 6.29. The Morgan fingerprint density at radius 3 is 3.00 bits per heavy atom. The molecule has 1 fully saturated rings. The van der Waals surface area contributed by atoms with Gasteiger partial charge in [0.25, 0.3) is 0 Å². The largest absolute Gasteiger partial charge is 0.394 e. The molecule has 0 unspecified atom stereocenters. The molecule has 0 saturated carbocycles. The van der Waals surface area contributed by atoms with Crippen LogP contribution in [0.25, 0.3) is 0 Å². The van der Waals surface area contributed by atoms with Crippen molar-refractivity contribution >= 4 is 17.3 Å². The average Bonchev–Trinajstić information content (AvgIpc) is 2.18. The number of rotatable bonds is 2. The van der Waals surface area contributed by atoms with E-state index in [0.29, 0.717) is 0 Å². The molecular formula is C9H18N2OS. The fourth-order valence-electron chi connectivity index (χ4n) is 1.71. The fraction of sp³-hybridized carbons (Fsp3) is 0.889. The minimum Gasteiger partial charge on any atom is -0.394 e. The minimum absolute atomic E-state index is 0.214. The van der Waals surface area contributed by atoms with Crippen LogP contribution in [0.2, 0.25) is 0 Å². The molecule has 0 aromatic carbocycles. The van der Waals surface area contributed by atoms with Crippen LogP contribution in [0.1, 0.15) is 26.2 Å². The van der Waals surface area contributed by atoms with Crippen molar-refractivity contribution in [3.8, 4) is 0 Å². The molecule has 0 radical (unpaired) electrons.